The summed E-state index contributed by atoms with van der Waals surface area (Å²) in [6.45, 7) is 1.79. The number of nitrogens with zero attached hydrogens (tertiary/aromatic N) is 2. The summed E-state index contributed by atoms with van der Waals surface area (Å²) in [4.78, 5) is 27.7. The van der Waals surface area contributed by atoms with Gasteiger partial charge >= 0.3 is 0 Å². The van der Waals surface area contributed by atoms with Crippen molar-refractivity contribution in [1.82, 2.24) is 9.80 Å². The van der Waals surface area contributed by atoms with Crippen molar-refractivity contribution in [1.29, 1.82) is 0 Å². The van der Waals surface area contributed by atoms with Crippen molar-refractivity contribution in [3.63, 3.8) is 0 Å². The largest absolute Gasteiger partial charge is 0.387 e. The van der Waals surface area contributed by atoms with Gasteiger partial charge < -0.3 is 14.9 Å². The maximum atomic E-state index is 12.7. The molecule has 5 heteroatoms. The van der Waals surface area contributed by atoms with Crippen LogP contribution in [0.1, 0.15) is 37.2 Å². The molecule has 0 bridgehead atoms. The number of hydrogen-bond donors (Lipinski definition) is 1. The molecule has 2 fully saturated rings. The Morgan fingerprint density at radius 2 is 1.50 bits per heavy atom. The first-order valence-corrected chi connectivity index (χ1v) is 8.91. The molecule has 3 rings (SSSR count). The Kier molecular flexibility index (Phi) is 5.51. The number of piperazine rings is 1. The fraction of sp³-hybridized carbons (Fsp3) is 0.579. The van der Waals surface area contributed by atoms with Gasteiger partial charge in [-0.05, 0) is 37.2 Å². The monoisotopic (exact) mass is 330 g/mol. The molecule has 1 N–H and O–H groups in total. The summed E-state index contributed by atoms with van der Waals surface area (Å²) in [6, 6.07) is 10.6. The molecule has 0 spiro atoms. The van der Waals surface area contributed by atoms with E-state index in [9.17, 15) is 9.59 Å². The Morgan fingerprint density at radius 1 is 0.917 bits per heavy atom. The van der Waals surface area contributed by atoms with E-state index in [1.165, 1.54) is 5.56 Å². The van der Waals surface area contributed by atoms with E-state index >= 15 is 0 Å². The van der Waals surface area contributed by atoms with Crippen LogP contribution in [0.15, 0.2) is 30.3 Å². The lowest BCUT2D eigenvalue weighted by Crippen LogP contribution is -2.52. The van der Waals surface area contributed by atoms with E-state index in [4.69, 9.17) is 5.11 Å². The smallest absolute Gasteiger partial charge is 0.248 e. The lowest BCUT2D eigenvalue weighted by molar-refractivity contribution is -0.144. The van der Waals surface area contributed by atoms with Gasteiger partial charge in [-0.15, -0.1) is 0 Å². The average Bonchev–Trinajstić information content (AvgIpc) is 2.68. The Bertz CT molecular complexity index is 559. The molecule has 2 amide bonds. The fourth-order valence-electron chi connectivity index (χ4n) is 3.93. The van der Waals surface area contributed by atoms with Gasteiger partial charge in [0.25, 0.3) is 0 Å². The number of aliphatic hydroxyl groups excluding tert-OH is 1. The molecule has 1 saturated heterocycles. The van der Waals surface area contributed by atoms with E-state index in [2.05, 4.69) is 24.3 Å². The number of carbonyl (C=O) groups excluding carboxylic acids is 2. The Labute approximate surface area is 143 Å². The van der Waals surface area contributed by atoms with Crippen LogP contribution in [0.2, 0.25) is 0 Å². The zero-order valence-electron chi connectivity index (χ0n) is 14.1. The highest BCUT2D eigenvalue weighted by Gasteiger charge is 2.32. The van der Waals surface area contributed by atoms with Crippen LogP contribution in [0.3, 0.4) is 0 Å². The minimum Gasteiger partial charge on any atom is -0.387 e. The van der Waals surface area contributed by atoms with Crippen molar-refractivity contribution in [3.05, 3.63) is 35.9 Å². The maximum Gasteiger partial charge on any atom is 0.248 e. The van der Waals surface area contributed by atoms with Crippen molar-refractivity contribution in [2.75, 3.05) is 32.8 Å². The molecule has 2 aliphatic rings. The first kappa shape index (κ1) is 17.0. The lowest BCUT2D eigenvalue weighted by Gasteiger charge is -2.37. The number of benzene rings is 1. The van der Waals surface area contributed by atoms with Crippen LogP contribution in [-0.2, 0) is 9.59 Å². The van der Waals surface area contributed by atoms with E-state index in [1.54, 1.807) is 4.90 Å². The van der Waals surface area contributed by atoms with Crippen LogP contribution < -0.4 is 0 Å². The second-order valence-corrected chi connectivity index (χ2v) is 6.82. The summed E-state index contributed by atoms with van der Waals surface area (Å²) in [6.07, 6.45) is 4.05. The molecule has 1 aromatic rings. The zero-order valence-corrected chi connectivity index (χ0v) is 14.1. The highest BCUT2D eigenvalue weighted by molar-refractivity contribution is 5.80. The first-order chi connectivity index (χ1) is 11.7. The SMILES string of the molecule is O=C(CO)N1CCN(C(=O)C2CCC(c3ccccc3)CC2)CC1. The third kappa shape index (κ3) is 3.78. The predicted molar refractivity (Wildman–Crippen MR) is 91.4 cm³/mol. The second-order valence-electron chi connectivity index (χ2n) is 6.82. The van der Waals surface area contributed by atoms with E-state index < -0.39 is 6.61 Å². The van der Waals surface area contributed by atoms with E-state index in [1.807, 2.05) is 11.0 Å². The minimum atomic E-state index is -0.447. The Balaban J connectivity index is 1.48. The summed E-state index contributed by atoms with van der Waals surface area (Å²) in [5.74, 6) is 0.711. The molecule has 1 saturated carbocycles. The molecule has 0 aromatic heterocycles. The van der Waals surface area contributed by atoms with Crippen molar-refractivity contribution >= 4 is 11.8 Å². The highest BCUT2D eigenvalue weighted by atomic mass is 16.3. The zero-order chi connectivity index (χ0) is 16.9. The quantitative estimate of drug-likeness (QED) is 0.916. The van der Waals surface area contributed by atoms with Crippen LogP contribution in [-0.4, -0.2) is 59.5 Å². The molecule has 0 radical (unpaired) electrons. The highest BCUT2D eigenvalue weighted by Crippen LogP contribution is 2.36. The van der Waals surface area contributed by atoms with Crippen molar-refractivity contribution in [2.24, 2.45) is 5.92 Å². The fourth-order valence-corrected chi connectivity index (χ4v) is 3.93. The van der Waals surface area contributed by atoms with E-state index in [-0.39, 0.29) is 17.7 Å². The molecule has 5 nitrogen and oxygen atoms in total. The van der Waals surface area contributed by atoms with Crippen molar-refractivity contribution in [3.8, 4) is 0 Å². The van der Waals surface area contributed by atoms with Gasteiger partial charge in [0.05, 0.1) is 0 Å². The van der Waals surface area contributed by atoms with Crippen molar-refractivity contribution in [2.45, 2.75) is 31.6 Å². The van der Waals surface area contributed by atoms with Crippen LogP contribution in [0, 0.1) is 5.92 Å². The standard InChI is InChI=1S/C19H26N2O3/c22-14-18(23)20-10-12-21(13-11-20)19(24)17-8-6-16(7-9-17)15-4-2-1-3-5-15/h1-5,16-17,22H,6-14H2. The summed E-state index contributed by atoms with van der Waals surface area (Å²) in [7, 11) is 0. The van der Waals surface area contributed by atoms with Crippen LogP contribution >= 0.6 is 0 Å². The Morgan fingerprint density at radius 3 is 2.08 bits per heavy atom. The van der Waals surface area contributed by atoms with Gasteiger partial charge in [-0.1, -0.05) is 30.3 Å². The maximum absolute atomic E-state index is 12.7. The molecular weight excluding hydrogens is 304 g/mol. The van der Waals surface area contributed by atoms with E-state index in [0.29, 0.717) is 32.1 Å². The lowest BCUT2D eigenvalue weighted by atomic mass is 9.78. The van der Waals surface area contributed by atoms with Gasteiger partial charge in [0.1, 0.15) is 6.61 Å². The number of rotatable bonds is 3. The molecule has 24 heavy (non-hydrogen) atoms. The summed E-state index contributed by atoms with van der Waals surface area (Å²) in [5, 5.41) is 8.91. The summed E-state index contributed by atoms with van der Waals surface area (Å²) in [5.41, 5.74) is 1.39. The minimum absolute atomic E-state index is 0.130. The average molecular weight is 330 g/mol. The molecule has 130 valence electrons. The topological polar surface area (TPSA) is 60.9 Å². The van der Waals surface area contributed by atoms with Crippen LogP contribution in [0.5, 0.6) is 0 Å². The van der Waals surface area contributed by atoms with Gasteiger partial charge in [0.15, 0.2) is 0 Å². The third-order valence-electron chi connectivity index (χ3n) is 5.43. The first-order valence-electron chi connectivity index (χ1n) is 8.91. The molecule has 1 aliphatic carbocycles. The molecule has 1 aliphatic heterocycles. The number of amides is 2. The molecule has 1 heterocycles. The normalized spacial score (nSPS) is 24.7. The van der Waals surface area contributed by atoms with Gasteiger partial charge in [-0.2, -0.15) is 0 Å². The van der Waals surface area contributed by atoms with Gasteiger partial charge in [0.2, 0.25) is 11.8 Å². The third-order valence-corrected chi connectivity index (χ3v) is 5.43. The molecule has 1 aromatic carbocycles. The summed E-state index contributed by atoms with van der Waals surface area (Å²) >= 11 is 0. The van der Waals surface area contributed by atoms with Gasteiger partial charge in [-0.3, -0.25) is 9.59 Å². The molecular formula is C19H26N2O3. The van der Waals surface area contributed by atoms with Crippen molar-refractivity contribution < 1.29 is 14.7 Å². The van der Waals surface area contributed by atoms with E-state index in [0.717, 1.165) is 25.7 Å². The Hall–Kier alpha value is -1.88. The number of aliphatic hydroxyl groups is 1. The van der Waals surface area contributed by atoms with Gasteiger partial charge in [0, 0.05) is 32.1 Å². The predicted octanol–water partition coefficient (Wildman–Crippen LogP) is 1.62. The number of carbonyl (C=O) groups is 2. The van der Waals surface area contributed by atoms with Crippen LogP contribution in [0.4, 0.5) is 0 Å². The number of hydrogen-bond acceptors (Lipinski definition) is 3. The van der Waals surface area contributed by atoms with Crippen LogP contribution in [0.25, 0.3) is 0 Å². The second kappa shape index (κ2) is 7.79. The summed E-state index contributed by atoms with van der Waals surface area (Å²) < 4.78 is 0. The molecule has 0 unspecified atom stereocenters. The van der Waals surface area contributed by atoms with Gasteiger partial charge in [-0.25, -0.2) is 0 Å². The molecule has 0 atom stereocenters.